The van der Waals surface area contributed by atoms with E-state index in [2.05, 4.69) is 10.3 Å². The van der Waals surface area contributed by atoms with E-state index in [-0.39, 0.29) is 12.5 Å². The van der Waals surface area contributed by atoms with E-state index in [4.69, 9.17) is 9.47 Å². The van der Waals surface area contributed by atoms with Gasteiger partial charge in [-0.05, 0) is 42.6 Å². The van der Waals surface area contributed by atoms with Gasteiger partial charge in [-0.1, -0.05) is 18.2 Å². The summed E-state index contributed by atoms with van der Waals surface area (Å²) in [4.78, 5) is 30.6. The number of esters is 1. The van der Waals surface area contributed by atoms with Gasteiger partial charge in [0.25, 0.3) is 5.91 Å². The Hall–Kier alpha value is -3.49. The van der Waals surface area contributed by atoms with Gasteiger partial charge in [0, 0.05) is 33.6 Å². The average Bonchev–Trinajstić information content (AvgIpc) is 3.45. The van der Waals surface area contributed by atoms with Crippen molar-refractivity contribution in [2.24, 2.45) is 0 Å². The number of nitrogens with one attached hydrogen (secondary N) is 1. The second kappa shape index (κ2) is 9.55. The number of ether oxygens (including phenoxy) is 2. The topological polar surface area (TPSA) is 77.5 Å². The first-order chi connectivity index (χ1) is 15.2. The number of nitrogens with zero attached hydrogens (tertiary/aromatic N) is 1. The van der Waals surface area contributed by atoms with Crippen LogP contribution in [0.4, 0.5) is 5.00 Å². The highest BCUT2D eigenvalue weighted by atomic mass is 32.1. The van der Waals surface area contributed by atoms with Crippen molar-refractivity contribution >= 4 is 39.6 Å². The molecule has 0 fully saturated rings. The Labute approximate surface area is 187 Å². The van der Waals surface area contributed by atoms with Gasteiger partial charge in [-0.2, -0.15) is 0 Å². The minimum Gasteiger partial charge on any atom is -0.462 e. The summed E-state index contributed by atoms with van der Waals surface area (Å²) >= 11 is 2.81. The molecule has 4 rings (SSSR count). The minimum absolute atomic E-state index is 0.249. The zero-order valence-electron chi connectivity index (χ0n) is 16.5. The van der Waals surface area contributed by atoms with E-state index in [1.54, 1.807) is 49.5 Å². The maximum absolute atomic E-state index is 12.9. The first kappa shape index (κ1) is 20.8. The number of thiophene rings is 2. The average molecular weight is 451 g/mol. The molecular weight excluding hydrogens is 432 g/mol. The van der Waals surface area contributed by atoms with Crippen molar-refractivity contribution in [1.82, 2.24) is 4.98 Å². The Morgan fingerprint density at radius 2 is 1.97 bits per heavy atom. The third kappa shape index (κ3) is 4.82. The van der Waals surface area contributed by atoms with Crippen LogP contribution in [-0.2, 0) is 4.74 Å². The molecule has 0 atom stereocenters. The Morgan fingerprint density at radius 3 is 2.71 bits per heavy atom. The van der Waals surface area contributed by atoms with Crippen LogP contribution in [0.3, 0.4) is 0 Å². The number of rotatable bonds is 7. The molecule has 31 heavy (non-hydrogen) atoms. The highest BCUT2D eigenvalue weighted by Gasteiger charge is 2.23. The fourth-order valence-electron chi connectivity index (χ4n) is 2.87. The number of anilines is 1. The van der Waals surface area contributed by atoms with Crippen LogP contribution in [0.1, 0.15) is 27.6 Å². The second-order valence-corrected chi connectivity index (χ2v) is 8.13. The van der Waals surface area contributed by atoms with Gasteiger partial charge in [-0.3, -0.25) is 4.79 Å². The Balaban J connectivity index is 1.59. The van der Waals surface area contributed by atoms with Crippen LogP contribution in [-0.4, -0.2) is 23.5 Å². The molecule has 0 aliphatic rings. The number of hydrogen-bond donors (Lipinski definition) is 1. The predicted molar refractivity (Wildman–Crippen MR) is 122 cm³/mol. The van der Waals surface area contributed by atoms with Crippen LogP contribution in [0, 0.1) is 0 Å². The molecule has 1 aromatic carbocycles. The van der Waals surface area contributed by atoms with Gasteiger partial charge in [0.2, 0.25) is 5.88 Å². The summed E-state index contributed by atoms with van der Waals surface area (Å²) in [6, 6.07) is 16.0. The van der Waals surface area contributed by atoms with Gasteiger partial charge < -0.3 is 14.8 Å². The van der Waals surface area contributed by atoms with Crippen molar-refractivity contribution < 1.29 is 19.1 Å². The number of pyridine rings is 1. The Morgan fingerprint density at radius 1 is 1.06 bits per heavy atom. The van der Waals surface area contributed by atoms with Gasteiger partial charge in [-0.15, -0.1) is 22.7 Å². The van der Waals surface area contributed by atoms with Gasteiger partial charge >= 0.3 is 5.97 Å². The van der Waals surface area contributed by atoms with Crippen LogP contribution >= 0.6 is 22.7 Å². The molecule has 0 spiro atoms. The molecule has 1 amide bonds. The van der Waals surface area contributed by atoms with Gasteiger partial charge in [0.1, 0.15) is 16.3 Å². The summed E-state index contributed by atoms with van der Waals surface area (Å²) in [7, 11) is 0. The van der Waals surface area contributed by atoms with Crippen LogP contribution in [0.15, 0.2) is 71.6 Å². The third-order valence-electron chi connectivity index (χ3n) is 4.24. The maximum Gasteiger partial charge on any atom is 0.341 e. The molecular formula is C23H18N2O4S2. The van der Waals surface area contributed by atoms with Crippen LogP contribution in [0.5, 0.6) is 11.6 Å². The first-order valence-corrected chi connectivity index (χ1v) is 11.2. The molecule has 8 heteroatoms. The summed E-state index contributed by atoms with van der Waals surface area (Å²) in [6.07, 6.45) is 1.63. The number of carbonyl (C=O) groups excluding carboxylic acids is 2. The Bertz CT molecular complexity index is 1190. The molecule has 6 nitrogen and oxygen atoms in total. The molecule has 1 N–H and O–H groups in total. The molecule has 3 heterocycles. The largest absolute Gasteiger partial charge is 0.462 e. The normalized spacial score (nSPS) is 10.5. The monoisotopic (exact) mass is 450 g/mol. The molecule has 0 saturated heterocycles. The van der Waals surface area contributed by atoms with E-state index in [1.807, 2.05) is 29.0 Å². The lowest BCUT2D eigenvalue weighted by Crippen LogP contribution is -2.14. The SMILES string of the molecule is CCOC(=O)c1c(-c2cccs2)csc1NC(=O)c1cccc(Oc2ccccn2)c1. The van der Waals surface area contributed by atoms with Crippen LogP contribution in [0.25, 0.3) is 10.4 Å². The fraction of sp³-hybridized carbons (Fsp3) is 0.0870. The summed E-state index contributed by atoms with van der Waals surface area (Å²) in [5.74, 6) is 0.109. The second-order valence-electron chi connectivity index (χ2n) is 6.30. The van der Waals surface area contributed by atoms with Crippen molar-refractivity contribution in [2.75, 3.05) is 11.9 Å². The van der Waals surface area contributed by atoms with E-state index >= 15 is 0 Å². The van der Waals surface area contributed by atoms with Crippen molar-refractivity contribution in [2.45, 2.75) is 6.92 Å². The van der Waals surface area contributed by atoms with Gasteiger partial charge in [-0.25, -0.2) is 9.78 Å². The van der Waals surface area contributed by atoms with Crippen molar-refractivity contribution in [1.29, 1.82) is 0 Å². The lowest BCUT2D eigenvalue weighted by Gasteiger charge is -2.09. The van der Waals surface area contributed by atoms with E-state index in [0.29, 0.717) is 27.8 Å². The highest BCUT2D eigenvalue weighted by molar-refractivity contribution is 7.17. The summed E-state index contributed by atoms with van der Waals surface area (Å²) in [6.45, 7) is 2.00. The number of benzene rings is 1. The number of carbonyl (C=O) groups is 2. The molecule has 0 aliphatic carbocycles. The maximum atomic E-state index is 12.9. The highest BCUT2D eigenvalue weighted by Crippen LogP contribution is 2.38. The van der Waals surface area contributed by atoms with E-state index < -0.39 is 5.97 Å². The van der Waals surface area contributed by atoms with E-state index in [1.165, 1.54) is 22.7 Å². The molecule has 3 aromatic heterocycles. The molecule has 0 unspecified atom stereocenters. The smallest absolute Gasteiger partial charge is 0.341 e. The minimum atomic E-state index is -0.463. The Kier molecular flexibility index (Phi) is 6.40. The van der Waals surface area contributed by atoms with Crippen molar-refractivity contribution in [3.05, 3.63) is 82.7 Å². The molecule has 0 radical (unpaired) electrons. The number of amides is 1. The molecule has 0 aliphatic heterocycles. The van der Waals surface area contributed by atoms with Gasteiger partial charge in [0.05, 0.1) is 6.61 Å². The standard InChI is InChI=1S/C23H18N2O4S2/c1-2-28-23(27)20-17(18-9-6-12-30-18)14-31-22(20)25-21(26)15-7-5-8-16(13-15)29-19-10-3-4-11-24-19/h3-14H,2H2,1H3,(H,25,26). The van der Waals surface area contributed by atoms with Gasteiger partial charge in [0.15, 0.2) is 0 Å². The lowest BCUT2D eigenvalue weighted by atomic mass is 10.1. The summed E-state index contributed by atoms with van der Waals surface area (Å²) < 4.78 is 10.9. The quantitative estimate of drug-likeness (QED) is 0.345. The van der Waals surface area contributed by atoms with E-state index in [0.717, 1.165) is 10.4 Å². The van der Waals surface area contributed by atoms with Crippen LogP contribution in [0.2, 0.25) is 0 Å². The first-order valence-electron chi connectivity index (χ1n) is 9.48. The fourth-order valence-corrected chi connectivity index (χ4v) is 4.64. The lowest BCUT2D eigenvalue weighted by molar-refractivity contribution is 0.0529. The molecule has 156 valence electrons. The van der Waals surface area contributed by atoms with Crippen molar-refractivity contribution in [3.8, 4) is 22.1 Å². The zero-order chi connectivity index (χ0) is 21.6. The molecule has 0 bridgehead atoms. The van der Waals surface area contributed by atoms with E-state index in [9.17, 15) is 9.59 Å². The third-order valence-corrected chi connectivity index (χ3v) is 6.04. The number of aromatic nitrogens is 1. The molecule has 4 aromatic rings. The molecule has 0 saturated carbocycles. The van der Waals surface area contributed by atoms with Crippen LogP contribution < -0.4 is 10.1 Å². The predicted octanol–water partition coefficient (Wildman–Crippen LogP) is 6.09. The number of hydrogen-bond acceptors (Lipinski definition) is 7. The summed E-state index contributed by atoms with van der Waals surface area (Å²) in [5.41, 5.74) is 1.51. The zero-order valence-corrected chi connectivity index (χ0v) is 18.2. The van der Waals surface area contributed by atoms with Crippen molar-refractivity contribution in [3.63, 3.8) is 0 Å². The summed E-state index contributed by atoms with van der Waals surface area (Å²) in [5, 5.41) is 7.09.